The van der Waals surface area contributed by atoms with E-state index in [0.717, 1.165) is 31.0 Å². The molecule has 2 fully saturated rings. The molecule has 1 amide bonds. The number of carbonyl (C=O) groups is 1. The number of aryl methyl sites for hydroxylation is 1. The minimum Gasteiger partial charge on any atom is -0.438 e. The van der Waals surface area contributed by atoms with Gasteiger partial charge in [-0.15, -0.1) is 0 Å². The Morgan fingerprint density at radius 2 is 2.30 bits per heavy atom. The number of hydrogen-bond donors (Lipinski definition) is 1. The summed E-state index contributed by atoms with van der Waals surface area (Å²) in [5.41, 5.74) is 3.05. The van der Waals surface area contributed by atoms with Gasteiger partial charge in [-0.25, -0.2) is 9.78 Å². The van der Waals surface area contributed by atoms with Crippen molar-refractivity contribution in [3.05, 3.63) is 35.8 Å². The highest BCUT2D eigenvalue weighted by Gasteiger charge is 2.50. The van der Waals surface area contributed by atoms with Gasteiger partial charge in [-0.3, -0.25) is 4.90 Å². The van der Waals surface area contributed by atoms with E-state index >= 15 is 0 Å². The van der Waals surface area contributed by atoms with E-state index in [1.54, 1.807) is 0 Å². The molecule has 2 saturated heterocycles. The number of hydrogen-bond acceptors (Lipinski definition) is 4. The number of rotatable bonds is 2. The maximum absolute atomic E-state index is 11.1. The lowest BCUT2D eigenvalue weighted by Gasteiger charge is -2.45. The molecule has 2 aromatic rings. The predicted octanol–water partition coefficient (Wildman–Crippen LogP) is 0.937. The molecule has 0 radical (unpaired) electrons. The van der Waals surface area contributed by atoms with Gasteiger partial charge in [-0.1, -0.05) is 6.07 Å². The van der Waals surface area contributed by atoms with Crippen LogP contribution in [0.3, 0.4) is 0 Å². The Kier molecular flexibility index (Phi) is 2.32. The molecular weight excluding hydrogens is 256 g/mol. The molecule has 0 saturated carbocycles. The van der Waals surface area contributed by atoms with Gasteiger partial charge in [0.15, 0.2) is 5.60 Å². The standard InChI is InChI=1S/C14H16N4O2/c1-10-2-3-12-15-4-11(18(12)5-10)6-17-8-14(9-17)7-16-13(19)20-14/h2-5H,6-9H2,1H3,(H,16,19). The second-order valence-corrected chi connectivity index (χ2v) is 5.76. The molecule has 2 aromatic heterocycles. The number of carbonyl (C=O) groups excluding carboxylic acids is 1. The number of nitrogens with zero attached hydrogens (tertiary/aromatic N) is 3. The van der Waals surface area contributed by atoms with Crippen LogP contribution < -0.4 is 5.32 Å². The van der Waals surface area contributed by atoms with Crippen LogP contribution in [-0.2, 0) is 11.3 Å². The van der Waals surface area contributed by atoms with Gasteiger partial charge in [0.25, 0.3) is 0 Å². The monoisotopic (exact) mass is 272 g/mol. The number of ether oxygens (including phenoxy) is 1. The fourth-order valence-corrected chi connectivity index (χ4v) is 3.04. The molecule has 0 aliphatic carbocycles. The summed E-state index contributed by atoms with van der Waals surface area (Å²) in [5.74, 6) is 0. The zero-order valence-electron chi connectivity index (χ0n) is 11.3. The van der Waals surface area contributed by atoms with Gasteiger partial charge in [0.1, 0.15) is 5.65 Å². The fourth-order valence-electron chi connectivity index (χ4n) is 3.04. The van der Waals surface area contributed by atoms with Crippen molar-refractivity contribution in [3.8, 4) is 0 Å². The van der Waals surface area contributed by atoms with Crippen LogP contribution in [0.1, 0.15) is 11.3 Å². The molecule has 6 nitrogen and oxygen atoms in total. The van der Waals surface area contributed by atoms with Crippen LogP contribution in [0.5, 0.6) is 0 Å². The highest BCUT2D eigenvalue weighted by molar-refractivity contribution is 5.70. The summed E-state index contributed by atoms with van der Waals surface area (Å²) in [6.45, 7) is 5.08. The van der Waals surface area contributed by atoms with Crippen molar-refractivity contribution in [1.29, 1.82) is 0 Å². The largest absolute Gasteiger partial charge is 0.438 e. The summed E-state index contributed by atoms with van der Waals surface area (Å²) in [7, 11) is 0. The van der Waals surface area contributed by atoms with Gasteiger partial charge in [0, 0.05) is 25.8 Å². The van der Waals surface area contributed by atoms with E-state index < -0.39 is 0 Å². The van der Waals surface area contributed by atoms with Gasteiger partial charge < -0.3 is 14.5 Å². The molecule has 4 heterocycles. The first kappa shape index (κ1) is 11.7. The van der Waals surface area contributed by atoms with Gasteiger partial charge in [0.2, 0.25) is 0 Å². The maximum atomic E-state index is 11.1. The zero-order chi connectivity index (χ0) is 13.7. The fraction of sp³-hybridized carbons (Fsp3) is 0.429. The van der Waals surface area contributed by atoms with Gasteiger partial charge in [-0.2, -0.15) is 0 Å². The molecule has 104 valence electrons. The van der Waals surface area contributed by atoms with Gasteiger partial charge in [0.05, 0.1) is 18.4 Å². The zero-order valence-corrected chi connectivity index (χ0v) is 11.3. The average Bonchev–Trinajstić information content (AvgIpc) is 2.94. The molecule has 6 heteroatoms. The number of likely N-dealkylation sites (tertiary alicyclic amines) is 1. The summed E-state index contributed by atoms with van der Waals surface area (Å²) in [6.07, 6.45) is 3.72. The van der Waals surface area contributed by atoms with Crippen molar-refractivity contribution >= 4 is 11.7 Å². The summed E-state index contributed by atoms with van der Waals surface area (Å²) >= 11 is 0. The summed E-state index contributed by atoms with van der Waals surface area (Å²) in [5, 5.41) is 2.72. The van der Waals surface area contributed by atoms with Crippen LogP contribution in [-0.4, -0.2) is 45.6 Å². The van der Waals surface area contributed by atoms with Crippen LogP contribution in [0.15, 0.2) is 24.5 Å². The third kappa shape index (κ3) is 1.76. The Labute approximate surface area is 116 Å². The first-order chi connectivity index (χ1) is 9.63. The molecule has 4 rings (SSSR count). The average molecular weight is 272 g/mol. The summed E-state index contributed by atoms with van der Waals surface area (Å²) < 4.78 is 7.45. The highest BCUT2D eigenvalue weighted by atomic mass is 16.6. The molecule has 0 unspecified atom stereocenters. The Morgan fingerprint density at radius 3 is 3.05 bits per heavy atom. The third-order valence-corrected chi connectivity index (χ3v) is 4.00. The van der Waals surface area contributed by atoms with Crippen molar-refractivity contribution in [3.63, 3.8) is 0 Å². The molecule has 2 aliphatic rings. The van der Waals surface area contributed by atoms with Crippen LogP contribution in [0.25, 0.3) is 5.65 Å². The van der Waals surface area contributed by atoms with Crippen molar-refractivity contribution in [1.82, 2.24) is 19.6 Å². The SMILES string of the molecule is Cc1ccc2ncc(CN3CC4(CNC(=O)O4)C3)n2c1. The van der Waals surface area contributed by atoms with E-state index in [2.05, 4.69) is 38.8 Å². The molecule has 0 atom stereocenters. The second kappa shape index (κ2) is 3.96. The number of amides is 1. The predicted molar refractivity (Wildman–Crippen MR) is 72.4 cm³/mol. The second-order valence-electron chi connectivity index (χ2n) is 5.76. The smallest absolute Gasteiger partial charge is 0.407 e. The number of nitrogens with one attached hydrogen (secondary N) is 1. The normalized spacial score (nSPS) is 20.9. The lowest BCUT2D eigenvalue weighted by molar-refractivity contribution is -0.0771. The van der Waals surface area contributed by atoms with E-state index in [9.17, 15) is 4.79 Å². The van der Waals surface area contributed by atoms with Crippen molar-refractivity contribution in [2.75, 3.05) is 19.6 Å². The van der Waals surface area contributed by atoms with Crippen LogP contribution in [0.2, 0.25) is 0 Å². The molecule has 20 heavy (non-hydrogen) atoms. The minimum absolute atomic E-state index is 0.296. The Morgan fingerprint density at radius 1 is 1.45 bits per heavy atom. The number of imidazole rings is 1. The first-order valence-corrected chi connectivity index (χ1v) is 6.75. The molecule has 2 aliphatic heterocycles. The van der Waals surface area contributed by atoms with E-state index in [1.807, 2.05) is 12.3 Å². The Hall–Kier alpha value is -2.08. The lowest BCUT2D eigenvalue weighted by atomic mass is 9.94. The summed E-state index contributed by atoms with van der Waals surface area (Å²) in [4.78, 5) is 17.8. The van der Waals surface area contributed by atoms with E-state index in [-0.39, 0.29) is 11.7 Å². The number of alkyl carbamates (subject to hydrolysis) is 1. The maximum Gasteiger partial charge on any atom is 0.407 e. The van der Waals surface area contributed by atoms with E-state index in [4.69, 9.17) is 4.74 Å². The van der Waals surface area contributed by atoms with E-state index in [1.165, 1.54) is 5.56 Å². The number of aromatic nitrogens is 2. The van der Waals surface area contributed by atoms with Crippen molar-refractivity contribution < 1.29 is 9.53 Å². The summed E-state index contributed by atoms with van der Waals surface area (Å²) in [6, 6.07) is 4.09. The molecule has 0 bridgehead atoms. The third-order valence-electron chi connectivity index (χ3n) is 4.00. The Balaban J connectivity index is 1.50. The van der Waals surface area contributed by atoms with Crippen LogP contribution >= 0.6 is 0 Å². The van der Waals surface area contributed by atoms with Crippen LogP contribution in [0.4, 0.5) is 4.79 Å². The Bertz CT molecular complexity index is 688. The topological polar surface area (TPSA) is 58.9 Å². The van der Waals surface area contributed by atoms with Gasteiger partial charge >= 0.3 is 6.09 Å². The lowest BCUT2D eigenvalue weighted by Crippen LogP contribution is -2.63. The quantitative estimate of drug-likeness (QED) is 0.884. The molecule has 1 spiro atoms. The van der Waals surface area contributed by atoms with Gasteiger partial charge in [-0.05, 0) is 18.6 Å². The van der Waals surface area contributed by atoms with E-state index in [0.29, 0.717) is 6.54 Å². The van der Waals surface area contributed by atoms with Crippen molar-refractivity contribution in [2.24, 2.45) is 0 Å². The first-order valence-electron chi connectivity index (χ1n) is 6.75. The van der Waals surface area contributed by atoms with Crippen molar-refractivity contribution in [2.45, 2.75) is 19.1 Å². The molecule has 1 N–H and O–H groups in total. The minimum atomic E-state index is -0.298. The molecular formula is C14H16N4O2. The number of fused-ring (bicyclic) bond motifs is 1. The van der Waals surface area contributed by atoms with Crippen LogP contribution in [0, 0.1) is 6.92 Å². The number of pyridine rings is 1. The highest BCUT2D eigenvalue weighted by Crippen LogP contribution is 2.29. The molecule has 0 aromatic carbocycles.